The third kappa shape index (κ3) is 3.32. The number of piperazine rings is 1. The molecule has 128 valence electrons. The number of hydrogen-bond acceptors (Lipinski definition) is 4. The highest BCUT2D eigenvalue weighted by Gasteiger charge is 2.17. The van der Waals surface area contributed by atoms with Crippen LogP contribution in [0.5, 0.6) is 0 Å². The number of carbonyl (C=O) groups is 1. The summed E-state index contributed by atoms with van der Waals surface area (Å²) in [6.45, 7) is 5.84. The Kier molecular flexibility index (Phi) is 4.54. The highest BCUT2D eigenvalue weighted by molar-refractivity contribution is 5.88. The number of carbonyl (C=O) groups excluding carboxylic acids is 1. The number of nitrogens with zero attached hydrogens (tertiary/aromatic N) is 1. The van der Waals surface area contributed by atoms with E-state index in [-0.39, 0.29) is 5.91 Å². The average Bonchev–Trinajstić information content (AvgIpc) is 3.20. The van der Waals surface area contributed by atoms with Crippen molar-refractivity contribution in [3.05, 3.63) is 35.1 Å². The molecule has 0 unspecified atom stereocenters. The second-order valence-electron chi connectivity index (χ2n) is 6.85. The third-order valence-electron chi connectivity index (χ3n) is 5.18. The van der Waals surface area contributed by atoms with Crippen LogP contribution in [0.1, 0.15) is 23.1 Å². The first-order chi connectivity index (χ1) is 11.8. The molecule has 0 spiro atoms. The van der Waals surface area contributed by atoms with Crippen LogP contribution in [0.4, 0.5) is 0 Å². The predicted molar refractivity (Wildman–Crippen MR) is 94.3 cm³/mol. The fourth-order valence-electron chi connectivity index (χ4n) is 3.81. The van der Waals surface area contributed by atoms with Crippen molar-refractivity contribution in [2.24, 2.45) is 0 Å². The maximum Gasteiger partial charge on any atom is 0.224 e. The van der Waals surface area contributed by atoms with Crippen molar-refractivity contribution in [1.29, 1.82) is 0 Å². The van der Waals surface area contributed by atoms with Crippen molar-refractivity contribution in [3.8, 4) is 0 Å². The normalized spacial score (nSPS) is 18.0. The van der Waals surface area contributed by atoms with E-state index < -0.39 is 0 Å². The van der Waals surface area contributed by atoms with Gasteiger partial charge in [0.25, 0.3) is 0 Å². The van der Waals surface area contributed by atoms with Crippen molar-refractivity contribution < 1.29 is 9.21 Å². The Morgan fingerprint density at radius 1 is 1.21 bits per heavy atom. The van der Waals surface area contributed by atoms with Crippen LogP contribution in [0.2, 0.25) is 0 Å². The molecule has 1 amide bonds. The second-order valence-corrected chi connectivity index (χ2v) is 6.85. The number of aryl methyl sites for hydroxylation is 2. The monoisotopic (exact) mass is 327 g/mol. The molecule has 2 heterocycles. The lowest BCUT2D eigenvalue weighted by atomic mass is 10.0. The van der Waals surface area contributed by atoms with Gasteiger partial charge < -0.3 is 15.1 Å². The Bertz CT molecular complexity index is 732. The van der Waals surface area contributed by atoms with Gasteiger partial charge in [0, 0.05) is 50.2 Å². The number of benzene rings is 1. The lowest BCUT2D eigenvalue weighted by molar-refractivity contribution is -0.120. The lowest BCUT2D eigenvalue weighted by Gasteiger charge is -2.27. The van der Waals surface area contributed by atoms with E-state index in [0.29, 0.717) is 13.0 Å². The summed E-state index contributed by atoms with van der Waals surface area (Å²) < 4.78 is 5.68. The van der Waals surface area contributed by atoms with Crippen molar-refractivity contribution in [1.82, 2.24) is 15.5 Å². The topological polar surface area (TPSA) is 57.5 Å². The van der Waals surface area contributed by atoms with Gasteiger partial charge in [-0.3, -0.25) is 9.69 Å². The molecule has 5 nitrogen and oxygen atoms in total. The molecule has 1 saturated heterocycles. The van der Waals surface area contributed by atoms with Crippen LogP contribution in [-0.4, -0.2) is 50.1 Å². The fourth-order valence-corrected chi connectivity index (χ4v) is 3.81. The van der Waals surface area contributed by atoms with E-state index in [4.69, 9.17) is 4.42 Å². The van der Waals surface area contributed by atoms with Crippen molar-refractivity contribution in [2.75, 3.05) is 39.3 Å². The zero-order valence-electron chi connectivity index (χ0n) is 14.1. The van der Waals surface area contributed by atoms with Crippen LogP contribution in [0, 0.1) is 0 Å². The summed E-state index contributed by atoms with van der Waals surface area (Å²) >= 11 is 0. The third-order valence-corrected chi connectivity index (χ3v) is 5.18. The largest absolute Gasteiger partial charge is 0.464 e. The maximum atomic E-state index is 12.2. The van der Waals surface area contributed by atoms with Gasteiger partial charge in [-0.25, -0.2) is 0 Å². The Balaban J connectivity index is 1.34. The van der Waals surface area contributed by atoms with Gasteiger partial charge >= 0.3 is 0 Å². The van der Waals surface area contributed by atoms with Gasteiger partial charge in [-0.2, -0.15) is 0 Å². The molecular formula is C19H25N3O2. The molecule has 2 aromatic rings. The van der Waals surface area contributed by atoms with Gasteiger partial charge in [-0.1, -0.05) is 0 Å². The van der Waals surface area contributed by atoms with Crippen LogP contribution >= 0.6 is 0 Å². The summed E-state index contributed by atoms with van der Waals surface area (Å²) in [5, 5.41) is 7.49. The van der Waals surface area contributed by atoms with Crippen molar-refractivity contribution in [2.45, 2.75) is 25.7 Å². The van der Waals surface area contributed by atoms with E-state index in [1.54, 1.807) is 6.26 Å². The molecule has 0 radical (unpaired) electrons. The first-order valence-corrected chi connectivity index (χ1v) is 9.01. The highest BCUT2D eigenvalue weighted by Crippen LogP contribution is 2.30. The molecule has 1 aromatic heterocycles. The minimum absolute atomic E-state index is 0.0772. The van der Waals surface area contributed by atoms with E-state index in [1.807, 2.05) is 0 Å². The molecule has 24 heavy (non-hydrogen) atoms. The molecule has 0 bridgehead atoms. The summed E-state index contributed by atoms with van der Waals surface area (Å²) in [5.74, 6) is 0.0772. The van der Waals surface area contributed by atoms with Gasteiger partial charge in [0.05, 0.1) is 12.7 Å². The minimum Gasteiger partial charge on any atom is -0.464 e. The predicted octanol–water partition coefficient (Wildman–Crippen LogP) is 1.49. The molecule has 0 atom stereocenters. The number of furan rings is 1. The van der Waals surface area contributed by atoms with Crippen LogP contribution in [-0.2, 0) is 24.1 Å². The molecule has 5 heteroatoms. The molecule has 2 N–H and O–H groups in total. The first-order valence-electron chi connectivity index (χ1n) is 9.01. The Morgan fingerprint density at radius 2 is 2.00 bits per heavy atom. The number of nitrogens with one attached hydrogen (secondary N) is 2. The number of fused-ring (bicyclic) bond motifs is 2. The van der Waals surface area contributed by atoms with E-state index in [0.717, 1.165) is 62.1 Å². The summed E-state index contributed by atoms with van der Waals surface area (Å²) in [4.78, 5) is 14.6. The standard InChI is InChI=1S/C19H25N3O2/c23-19(21-6-9-22-7-4-20-5-8-22)12-16-13-24-18-11-15-3-1-2-14(15)10-17(16)18/h10-11,13,20H,1-9,12H2,(H,21,23). The molecule has 1 aliphatic heterocycles. The van der Waals surface area contributed by atoms with E-state index >= 15 is 0 Å². The molecule has 1 fully saturated rings. The molecule has 1 aliphatic carbocycles. The van der Waals surface area contributed by atoms with Crippen molar-refractivity contribution in [3.63, 3.8) is 0 Å². The van der Waals surface area contributed by atoms with Crippen LogP contribution in [0.3, 0.4) is 0 Å². The Hall–Kier alpha value is -1.85. The Morgan fingerprint density at radius 3 is 2.83 bits per heavy atom. The van der Waals surface area contributed by atoms with E-state index in [2.05, 4.69) is 27.7 Å². The smallest absolute Gasteiger partial charge is 0.224 e. The van der Waals surface area contributed by atoms with Crippen LogP contribution in [0.15, 0.2) is 22.8 Å². The average molecular weight is 327 g/mol. The van der Waals surface area contributed by atoms with Gasteiger partial charge in [-0.05, 0) is 42.5 Å². The number of rotatable bonds is 5. The zero-order chi connectivity index (χ0) is 16.4. The SMILES string of the molecule is O=C(Cc1coc2cc3c(cc12)CCC3)NCCN1CCNCC1. The molecule has 0 saturated carbocycles. The zero-order valence-corrected chi connectivity index (χ0v) is 14.1. The number of amides is 1. The van der Waals surface area contributed by atoms with Gasteiger partial charge in [-0.15, -0.1) is 0 Å². The summed E-state index contributed by atoms with van der Waals surface area (Å²) in [5.41, 5.74) is 4.74. The van der Waals surface area contributed by atoms with E-state index in [1.165, 1.54) is 17.5 Å². The summed E-state index contributed by atoms with van der Waals surface area (Å²) in [6.07, 6.45) is 5.66. The van der Waals surface area contributed by atoms with E-state index in [9.17, 15) is 4.79 Å². The van der Waals surface area contributed by atoms with Crippen LogP contribution in [0.25, 0.3) is 11.0 Å². The summed E-state index contributed by atoms with van der Waals surface area (Å²) in [7, 11) is 0. The minimum atomic E-state index is 0.0772. The number of hydrogen-bond donors (Lipinski definition) is 2. The van der Waals surface area contributed by atoms with Crippen LogP contribution < -0.4 is 10.6 Å². The van der Waals surface area contributed by atoms with Gasteiger partial charge in [0.1, 0.15) is 5.58 Å². The molecule has 1 aromatic carbocycles. The Labute approximate surface area is 142 Å². The quantitative estimate of drug-likeness (QED) is 0.873. The first kappa shape index (κ1) is 15.7. The maximum absolute atomic E-state index is 12.2. The second kappa shape index (κ2) is 6.95. The highest BCUT2D eigenvalue weighted by atomic mass is 16.3. The molecule has 2 aliphatic rings. The van der Waals surface area contributed by atoms with Gasteiger partial charge in [0.15, 0.2) is 0 Å². The fraction of sp³-hybridized carbons (Fsp3) is 0.526. The van der Waals surface area contributed by atoms with Gasteiger partial charge in [0.2, 0.25) is 5.91 Å². The van der Waals surface area contributed by atoms with Crippen molar-refractivity contribution >= 4 is 16.9 Å². The summed E-state index contributed by atoms with van der Waals surface area (Å²) in [6, 6.07) is 4.38. The lowest BCUT2D eigenvalue weighted by Crippen LogP contribution is -2.46. The molecular weight excluding hydrogens is 302 g/mol. The molecule has 4 rings (SSSR count).